The molecule has 1 aliphatic rings. The van der Waals surface area contributed by atoms with E-state index in [-0.39, 0.29) is 62.2 Å². The van der Waals surface area contributed by atoms with Crippen molar-refractivity contribution >= 4 is 21.8 Å². The molecule has 1 heterocycles. The van der Waals surface area contributed by atoms with Crippen molar-refractivity contribution in [1.82, 2.24) is 4.90 Å². The second-order valence-electron chi connectivity index (χ2n) is 8.05. The van der Waals surface area contributed by atoms with Crippen LogP contribution in [0.2, 0.25) is 0 Å². The normalized spacial score (nSPS) is 15.2. The minimum Gasteiger partial charge on any atom is -0.491 e. The van der Waals surface area contributed by atoms with Crippen LogP contribution in [0.1, 0.15) is 35.3 Å². The van der Waals surface area contributed by atoms with Gasteiger partial charge in [-0.05, 0) is 37.6 Å². The molecule has 0 saturated heterocycles. The van der Waals surface area contributed by atoms with Gasteiger partial charge in [-0.3, -0.25) is 10.2 Å². The Balaban J connectivity index is 1.94. The highest BCUT2D eigenvalue weighted by Gasteiger charge is 2.65. The second kappa shape index (κ2) is 9.63. The Bertz CT molecular complexity index is 1220. The zero-order chi connectivity index (χ0) is 27.7. The summed E-state index contributed by atoms with van der Waals surface area (Å²) in [5.74, 6) is -3.00. The lowest BCUT2D eigenvalue weighted by Crippen LogP contribution is -2.30. The molecule has 1 N–H and O–H groups in total. The van der Waals surface area contributed by atoms with Crippen LogP contribution in [0, 0.1) is 11.2 Å². The molecule has 7 nitrogen and oxygen atoms in total. The molecule has 2 aromatic carbocycles. The van der Waals surface area contributed by atoms with E-state index in [1.807, 2.05) is 0 Å². The van der Waals surface area contributed by atoms with Crippen LogP contribution < -0.4 is 14.2 Å². The standard InChI is InChI=1S/C23H26F6N2O5S/c1-4-34-19-10-15-12-31(23(30)20(15)21(24)22(19)35-5-2)13-18(32)14-8-16(36-7-6-33-3)11-17(9-14)37(25,26,27,28)29/h8-11,30H,4-7,12-13H2,1-3H3. The topological polar surface area (TPSA) is 81.1 Å². The van der Waals surface area contributed by atoms with Crippen molar-refractivity contribution in [3.05, 3.63) is 46.8 Å². The van der Waals surface area contributed by atoms with Gasteiger partial charge in [-0.2, -0.15) is 0 Å². The molecule has 1 aliphatic heterocycles. The molecule has 0 spiro atoms. The van der Waals surface area contributed by atoms with Crippen LogP contribution in [0.4, 0.5) is 23.8 Å². The third-order valence-corrected chi connectivity index (χ3v) is 6.44. The number of methoxy groups -OCH3 is 1. The molecule has 0 radical (unpaired) electrons. The molecule has 14 heteroatoms. The van der Waals surface area contributed by atoms with Crippen molar-refractivity contribution in [3.63, 3.8) is 0 Å². The lowest BCUT2D eigenvalue weighted by atomic mass is 10.1. The minimum absolute atomic E-state index is 0.0356. The minimum atomic E-state index is -10.2. The number of fused-ring (bicyclic) bond motifs is 1. The van der Waals surface area contributed by atoms with Crippen molar-refractivity contribution in [2.24, 2.45) is 0 Å². The van der Waals surface area contributed by atoms with Crippen LogP contribution in [0.5, 0.6) is 17.2 Å². The largest absolute Gasteiger partial charge is 0.491 e. The molecule has 0 unspecified atom stereocenters. The quantitative estimate of drug-likeness (QED) is 0.187. The molecule has 0 bridgehead atoms. The number of carbonyl (C=O) groups excluding carboxylic acids is 1. The van der Waals surface area contributed by atoms with E-state index in [2.05, 4.69) is 0 Å². The number of ether oxygens (including phenoxy) is 4. The van der Waals surface area contributed by atoms with Gasteiger partial charge in [-0.25, -0.2) is 4.39 Å². The van der Waals surface area contributed by atoms with Crippen LogP contribution in [-0.2, 0) is 11.3 Å². The van der Waals surface area contributed by atoms with Crippen LogP contribution in [0.15, 0.2) is 29.2 Å². The van der Waals surface area contributed by atoms with E-state index in [9.17, 15) is 24.2 Å². The van der Waals surface area contributed by atoms with Gasteiger partial charge in [0, 0.05) is 25.3 Å². The smallest absolute Gasteiger partial charge is 0.310 e. The maximum atomic E-state index is 15.2. The Morgan fingerprint density at radius 1 is 1.00 bits per heavy atom. The first-order valence-electron chi connectivity index (χ1n) is 11.1. The van der Waals surface area contributed by atoms with Gasteiger partial charge >= 0.3 is 10.2 Å². The summed E-state index contributed by atoms with van der Waals surface area (Å²) < 4.78 is 103. The summed E-state index contributed by atoms with van der Waals surface area (Å²) in [5.41, 5.74) is -0.553. The first-order valence-corrected chi connectivity index (χ1v) is 13.0. The molecule has 3 rings (SSSR count). The predicted molar refractivity (Wildman–Crippen MR) is 126 cm³/mol. The van der Waals surface area contributed by atoms with Gasteiger partial charge in [0.15, 0.2) is 23.1 Å². The summed E-state index contributed by atoms with van der Waals surface area (Å²) >= 11 is 0. The van der Waals surface area contributed by atoms with Crippen LogP contribution >= 0.6 is 10.2 Å². The fourth-order valence-electron chi connectivity index (χ4n) is 3.70. The lowest BCUT2D eigenvalue weighted by Gasteiger charge is -2.40. The van der Waals surface area contributed by atoms with Gasteiger partial charge in [0.1, 0.15) is 23.1 Å². The fourth-order valence-corrected chi connectivity index (χ4v) is 4.39. The van der Waals surface area contributed by atoms with Crippen molar-refractivity contribution < 1.29 is 47.6 Å². The molecule has 206 valence electrons. The number of rotatable bonds is 12. The van der Waals surface area contributed by atoms with Crippen LogP contribution in [-0.4, -0.2) is 56.6 Å². The van der Waals surface area contributed by atoms with Gasteiger partial charge < -0.3 is 23.8 Å². The third-order valence-electron chi connectivity index (χ3n) is 5.31. The van der Waals surface area contributed by atoms with E-state index in [1.54, 1.807) is 13.8 Å². The van der Waals surface area contributed by atoms with Crippen molar-refractivity contribution in [2.45, 2.75) is 25.3 Å². The number of Topliss-reactive ketones (excluding diaryl/α,β-unsaturated/α-hetero) is 1. The summed E-state index contributed by atoms with van der Waals surface area (Å²) in [5, 5.41) is 8.35. The zero-order valence-corrected chi connectivity index (χ0v) is 21.0. The molecule has 0 saturated carbocycles. The van der Waals surface area contributed by atoms with E-state index >= 15 is 4.39 Å². The molecule has 0 amide bonds. The van der Waals surface area contributed by atoms with Gasteiger partial charge in [0.2, 0.25) is 0 Å². The van der Waals surface area contributed by atoms with E-state index in [1.165, 1.54) is 13.2 Å². The number of hydrogen-bond acceptors (Lipinski definition) is 6. The van der Waals surface area contributed by atoms with Gasteiger partial charge in [-0.15, -0.1) is 0 Å². The Morgan fingerprint density at radius 3 is 2.27 bits per heavy atom. The lowest BCUT2D eigenvalue weighted by molar-refractivity contribution is 0.0961. The summed E-state index contributed by atoms with van der Waals surface area (Å²) in [6, 6.07) is 2.55. The molecular formula is C23H26F6N2O5S. The maximum absolute atomic E-state index is 15.2. The van der Waals surface area contributed by atoms with Crippen LogP contribution in [0.25, 0.3) is 0 Å². The maximum Gasteiger partial charge on any atom is 0.310 e. The number of ketones is 1. The number of halogens is 6. The SMILES string of the molecule is CCOc1cc2c(c(F)c1OCC)C(=N)N(CC(=O)c1cc(OCCOC)cc(S(F)(F)(F)(F)F)c1)C2. The van der Waals surface area contributed by atoms with Crippen molar-refractivity contribution in [3.8, 4) is 17.2 Å². The van der Waals surface area contributed by atoms with Crippen LogP contribution in [0.3, 0.4) is 0 Å². The number of nitrogens with zero attached hydrogens (tertiary/aromatic N) is 1. The molecular weight excluding hydrogens is 530 g/mol. The third kappa shape index (κ3) is 6.42. The summed E-state index contributed by atoms with van der Waals surface area (Å²) in [6.07, 6.45) is 0. The fraction of sp³-hybridized carbons (Fsp3) is 0.391. The molecule has 0 aliphatic carbocycles. The van der Waals surface area contributed by atoms with Gasteiger partial charge in [0.05, 0.1) is 31.9 Å². The predicted octanol–water partition coefficient (Wildman–Crippen LogP) is 6.33. The van der Waals surface area contributed by atoms with Gasteiger partial charge in [-0.1, -0.05) is 19.4 Å². The molecule has 0 atom stereocenters. The average molecular weight is 557 g/mol. The van der Waals surface area contributed by atoms with Crippen molar-refractivity contribution in [2.75, 3.05) is 40.1 Å². The van der Waals surface area contributed by atoms with E-state index in [0.29, 0.717) is 5.56 Å². The highest BCUT2D eigenvalue weighted by atomic mass is 32.5. The van der Waals surface area contributed by atoms with Crippen molar-refractivity contribution in [1.29, 1.82) is 5.41 Å². The first kappa shape index (κ1) is 28.4. The van der Waals surface area contributed by atoms with Gasteiger partial charge in [0.25, 0.3) is 0 Å². The Labute approximate surface area is 209 Å². The first-order chi connectivity index (χ1) is 17.1. The highest BCUT2D eigenvalue weighted by Crippen LogP contribution is 3.02. The number of carbonyl (C=O) groups is 1. The van der Waals surface area contributed by atoms with E-state index in [4.69, 9.17) is 24.4 Å². The summed E-state index contributed by atoms with van der Waals surface area (Å²) in [4.78, 5) is 11.8. The summed E-state index contributed by atoms with van der Waals surface area (Å²) in [6.45, 7) is 2.53. The molecule has 0 fully saturated rings. The molecule has 37 heavy (non-hydrogen) atoms. The number of nitrogens with one attached hydrogen (secondary N) is 1. The van der Waals surface area contributed by atoms with E-state index < -0.39 is 50.4 Å². The number of amidine groups is 1. The van der Waals surface area contributed by atoms with E-state index in [0.717, 1.165) is 11.0 Å². The second-order valence-corrected chi connectivity index (χ2v) is 10.5. The monoisotopic (exact) mass is 556 g/mol. The Morgan fingerprint density at radius 2 is 1.68 bits per heavy atom. The summed E-state index contributed by atoms with van der Waals surface area (Å²) in [7, 11) is -8.85. The highest BCUT2D eigenvalue weighted by molar-refractivity contribution is 8.45. The number of benzene rings is 2. The Hall–Kier alpha value is -3.13. The Kier molecular flexibility index (Phi) is 7.41. The number of hydrogen-bond donors (Lipinski definition) is 1. The molecule has 2 aromatic rings. The zero-order valence-electron chi connectivity index (χ0n) is 20.2. The molecule has 0 aromatic heterocycles. The average Bonchev–Trinajstić information content (AvgIpc) is 3.10.